The van der Waals surface area contributed by atoms with Crippen LogP contribution in [0.2, 0.25) is 0 Å². The van der Waals surface area contributed by atoms with Gasteiger partial charge in [-0.1, -0.05) is 30.3 Å². The molecule has 6 heteroatoms. The molecule has 0 spiro atoms. The summed E-state index contributed by atoms with van der Waals surface area (Å²) in [5.41, 5.74) is 4.02. The first kappa shape index (κ1) is 20.8. The molecule has 6 nitrogen and oxygen atoms in total. The monoisotopic (exact) mass is 447 g/mol. The molecule has 4 heterocycles. The van der Waals surface area contributed by atoms with Crippen LogP contribution < -0.4 is 14.8 Å². The van der Waals surface area contributed by atoms with Crippen molar-refractivity contribution in [1.29, 1.82) is 0 Å². The molecule has 2 amide bonds. The number of urea groups is 1. The van der Waals surface area contributed by atoms with E-state index in [9.17, 15) is 4.79 Å². The first-order valence-corrected chi connectivity index (χ1v) is 12.5. The molecule has 2 aromatic carbocycles. The van der Waals surface area contributed by atoms with Gasteiger partial charge in [-0.3, -0.25) is 4.90 Å². The molecular weight excluding hydrogens is 414 g/mol. The molecule has 0 unspecified atom stereocenters. The lowest BCUT2D eigenvalue weighted by Gasteiger charge is -2.52. The average molecular weight is 448 g/mol. The molecule has 33 heavy (non-hydrogen) atoms. The van der Waals surface area contributed by atoms with Crippen LogP contribution in [0.15, 0.2) is 42.5 Å². The third-order valence-corrected chi connectivity index (χ3v) is 7.92. The molecule has 6 rings (SSSR count). The number of piperidine rings is 2. The number of fused-ring (bicyclic) bond motifs is 5. The van der Waals surface area contributed by atoms with Gasteiger partial charge in [-0.2, -0.15) is 0 Å². The maximum absolute atomic E-state index is 13.2. The Balaban J connectivity index is 1.17. The van der Waals surface area contributed by atoms with Gasteiger partial charge in [0.2, 0.25) is 0 Å². The summed E-state index contributed by atoms with van der Waals surface area (Å²) in [7, 11) is 0. The fourth-order valence-electron chi connectivity index (χ4n) is 6.30. The van der Waals surface area contributed by atoms with E-state index >= 15 is 0 Å². The van der Waals surface area contributed by atoms with Crippen LogP contribution >= 0.6 is 0 Å². The molecule has 1 N–H and O–H groups in total. The Morgan fingerprint density at radius 1 is 1.06 bits per heavy atom. The van der Waals surface area contributed by atoms with Gasteiger partial charge in [0.25, 0.3) is 0 Å². The molecule has 174 valence electrons. The molecule has 0 bridgehead atoms. The van der Waals surface area contributed by atoms with Crippen molar-refractivity contribution in [2.24, 2.45) is 5.92 Å². The number of nitrogens with one attached hydrogen (secondary N) is 1. The molecule has 0 aliphatic carbocycles. The highest BCUT2D eigenvalue weighted by Gasteiger charge is 2.44. The van der Waals surface area contributed by atoms with Crippen molar-refractivity contribution in [3.05, 3.63) is 59.2 Å². The minimum Gasteiger partial charge on any atom is -0.486 e. The minimum atomic E-state index is 0.104. The van der Waals surface area contributed by atoms with E-state index in [0.717, 1.165) is 56.8 Å². The summed E-state index contributed by atoms with van der Waals surface area (Å²) < 4.78 is 11.7. The molecule has 0 radical (unpaired) electrons. The normalized spacial score (nSPS) is 26.1. The number of hydrogen-bond acceptors (Lipinski definition) is 4. The van der Waals surface area contributed by atoms with Gasteiger partial charge >= 0.3 is 6.03 Å². The molecular formula is C27H33N3O3. The van der Waals surface area contributed by atoms with Gasteiger partial charge in [0.15, 0.2) is 11.5 Å². The maximum atomic E-state index is 13.2. The van der Waals surface area contributed by atoms with Crippen LogP contribution in [-0.4, -0.2) is 61.3 Å². The van der Waals surface area contributed by atoms with E-state index in [1.807, 2.05) is 6.07 Å². The standard InChI is InChI=1S/C27H33N3O3/c31-27(28-10-8-19-5-2-1-3-6-19)30-11-4-7-21-18-29-12-9-20-15-25-26(33-14-13-32-25)16-22(20)24(29)17-23(21)30/h1-3,5-6,15-16,21,23-24H,4,7-14,17-18H2,(H,28,31)/t21-,23+,24-/m1/s1. The van der Waals surface area contributed by atoms with Gasteiger partial charge in [-0.15, -0.1) is 0 Å². The van der Waals surface area contributed by atoms with Gasteiger partial charge in [0.05, 0.1) is 0 Å². The van der Waals surface area contributed by atoms with E-state index in [2.05, 4.69) is 51.5 Å². The largest absolute Gasteiger partial charge is 0.486 e. The van der Waals surface area contributed by atoms with Gasteiger partial charge < -0.3 is 19.7 Å². The Labute approximate surface area is 195 Å². The van der Waals surface area contributed by atoms with Crippen LogP contribution in [0.3, 0.4) is 0 Å². The fourth-order valence-corrected chi connectivity index (χ4v) is 6.30. The number of rotatable bonds is 3. The second-order valence-corrected chi connectivity index (χ2v) is 9.82. The predicted molar refractivity (Wildman–Crippen MR) is 127 cm³/mol. The van der Waals surface area contributed by atoms with Crippen LogP contribution in [-0.2, 0) is 12.8 Å². The van der Waals surface area contributed by atoms with Crippen LogP contribution in [0.4, 0.5) is 4.79 Å². The van der Waals surface area contributed by atoms with Crippen molar-refractivity contribution in [2.75, 3.05) is 39.4 Å². The first-order valence-electron chi connectivity index (χ1n) is 12.5. The number of likely N-dealkylation sites (tertiary alicyclic amines) is 1. The van der Waals surface area contributed by atoms with Crippen LogP contribution in [0, 0.1) is 5.92 Å². The maximum Gasteiger partial charge on any atom is 0.317 e. The quantitative estimate of drug-likeness (QED) is 0.778. The van der Waals surface area contributed by atoms with E-state index in [4.69, 9.17) is 9.47 Å². The highest BCUT2D eigenvalue weighted by atomic mass is 16.6. The molecule has 2 fully saturated rings. The third kappa shape index (κ3) is 4.05. The van der Waals surface area contributed by atoms with E-state index in [-0.39, 0.29) is 6.03 Å². The van der Waals surface area contributed by atoms with Crippen LogP contribution in [0.25, 0.3) is 0 Å². The summed E-state index contributed by atoms with van der Waals surface area (Å²) in [6.07, 6.45) is 5.25. The zero-order valence-electron chi connectivity index (χ0n) is 19.2. The highest BCUT2D eigenvalue weighted by Crippen LogP contribution is 2.46. The second-order valence-electron chi connectivity index (χ2n) is 9.82. The first-order chi connectivity index (χ1) is 16.3. The summed E-state index contributed by atoms with van der Waals surface area (Å²) in [5, 5.41) is 3.20. The van der Waals surface area contributed by atoms with Crippen molar-refractivity contribution >= 4 is 6.03 Å². The van der Waals surface area contributed by atoms with E-state index < -0.39 is 0 Å². The Bertz CT molecular complexity index is 1010. The van der Waals surface area contributed by atoms with E-state index in [1.54, 1.807) is 0 Å². The van der Waals surface area contributed by atoms with Crippen LogP contribution in [0.5, 0.6) is 11.5 Å². The zero-order chi connectivity index (χ0) is 22.2. The van der Waals surface area contributed by atoms with Gasteiger partial charge in [-0.05, 0) is 66.8 Å². The number of nitrogens with zero attached hydrogens (tertiary/aromatic N) is 2. The molecule has 2 saturated heterocycles. The Morgan fingerprint density at radius 2 is 1.88 bits per heavy atom. The van der Waals surface area contributed by atoms with Crippen molar-refractivity contribution in [3.63, 3.8) is 0 Å². The van der Waals surface area contributed by atoms with Gasteiger partial charge in [0.1, 0.15) is 13.2 Å². The zero-order valence-corrected chi connectivity index (χ0v) is 19.2. The summed E-state index contributed by atoms with van der Waals surface area (Å²) in [6.45, 7) is 4.94. The smallest absolute Gasteiger partial charge is 0.317 e. The second kappa shape index (κ2) is 8.90. The van der Waals surface area contributed by atoms with Crippen molar-refractivity contribution in [2.45, 2.75) is 44.2 Å². The Morgan fingerprint density at radius 3 is 2.73 bits per heavy atom. The molecule has 3 atom stereocenters. The molecule has 4 aliphatic rings. The topological polar surface area (TPSA) is 54.0 Å². The summed E-state index contributed by atoms with van der Waals surface area (Å²) in [5.74, 6) is 2.33. The fraction of sp³-hybridized carbons (Fsp3) is 0.519. The molecule has 0 aromatic heterocycles. The summed E-state index contributed by atoms with van der Waals surface area (Å²) >= 11 is 0. The Hall–Kier alpha value is -2.73. The number of carbonyl (C=O) groups is 1. The lowest BCUT2D eigenvalue weighted by atomic mass is 9.76. The molecule has 4 aliphatic heterocycles. The Kier molecular flexibility index (Phi) is 5.62. The number of amides is 2. The lowest BCUT2D eigenvalue weighted by Crippen LogP contribution is -2.59. The third-order valence-electron chi connectivity index (χ3n) is 7.92. The van der Waals surface area contributed by atoms with E-state index in [1.165, 1.54) is 23.1 Å². The molecule has 0 saturated carbocycles. The SMILES string of the molecule is O=C(NCCc1ccccc1)N1CCC[C@@H]2CN3CCc4cc5c(cc4[C@H]3C[C@@H]21)OCCO5. The number of benzene rings is 2. The number of hydrogen-bond donors (Lipinski definition) is 1. The summed E-state index contributed by atoms with van der Waals surface area (Å²) in [6, 6.07) is 15.5. The average Bonchev–Trinajstić information content (AvgIpc) is 2.86. The van der Waals surface area contributed by atoms with Gasteiger partial charge in [-0.25, -0.2) is 4.79 Å². The lowest BCUT2D eigenvalue weighted by molar-refractivity contribution is 0.00556. The highest BCUT2D eigenvalue weighted by molar-refractivity contribution is 5.74. The number of ether oxygens (including phenoxy) is 2. The van der Waals surface area contributed by atoms with Crippen molar-refractivity contribution < 1.29 is 14.3 Å². The number of carbonyl (C=O) groups excluding carboxylic acids is 1. The van der Waals surface area contributed by atoms with E-state index in [0.29, 0.717) is 37.8 Å². The molecule has 2 aromatic rings. The predicted octanol–water partition coefficient (Wildman–Crippen LogP) is 3.79. The summed E-state index contributed by atoms with van der Waals surface area (Å²) in [4.78, 5) is 18.0. The van der Waals surface area contributed by atoms with Gasteiger partial charge in [0, 0.05) is 38.3 Å². The van der Waals surface area contributed by atoms with Crippen molar-refractivity contribution in [3.8, 4) is 11.5 Å². The minimum absolute atomic E-state index is 0.104. The van der Waals surface area contributed by atoms with Crippen molar-refractivity contribution in [1.82, 2.24) is 15.1 Å². The van der Waals surface area contributed by atoms with Crippen LogP contribution in [0.1, 0.15) is 42.0 Å².